The van der Waals surface area contributed by atoms with Gasteiger partial charge in [-0.25, -0.2) is 0 Å². The third-order valence-electron chi connectivity index (χ3n) is 6.42. The van der Waals surface area contributed by atoms with Gasteiger partial charge in [0, 0.05) is 6.04 Å². The summed E-state index contributed by atoms with van der Waals surface area (Å²) in [5.41, 5.74) is 0. The highest BCUT2D eigenvalue weighted by molar-refractivity contribution is 5.87. The van der Waals surface area contributed by atoms with Gasteiger partial charge in [0.1, 0.15) is 0 Å². The molecule has 2 aliphatic heterocycles. The summed E-state index contributed by atoms with van der Waals surface area (Å²) in [7, 11) is 0. The van der Waals surface area contributed by atoms with E-state index in [-0.39, 0.29) is 18.1 Å². The summed E-state index contributed by atoms with van der Waals surface area (Å²) in [6, 6.07) is 0.325. The molecule has 20 heavy (non-hydrogen) atoms. The molecule has 0 aromatic carbocycles. The first-order chi connectivity index (χ1) is 9.65. The molecule has 2 N–H and O–H groups in total. The summed E-state index contributed by atoms with van der Waals surface area (Å²) < 4.78 is 5.68. The normalized spacial score (nSPS) is 57.1. The van der Waals surface area contributed by atoms with Crippen LogP contribution in [0.5, 0.6) is 0 Å². The second-order valence-electron chi connectivity index (χ2n) is 7.34. The molecule has 108 valence electrons. The molecule has 0 unspecified atom stereocenters. The Balaban J connectivity index is 1.34. The number of ether oxygens (including phenoxy) is 1. The van der Waals surface area contributed by atoms with Gasteiger partial charge in [0.05, 0.1) is 24.0 Å². The molecule has 2 bridgehead atoms. The molecule has 3 aliphatic carbocycles. The second kappa shape index (κ2) is 3.56. The average Bonchev–Trinajstić information content (AvgIpc) is 3.27. The number of carbonyl (C=O) groups is 2. The Labute approximate surface area is 117 Å². The van der Waals surface area contributed by atoms with E-state index < -0.39 is 17.8 Å². The van der Waals surface area contributed by atoms with Crippen molar-refractivity contribution in [1.29, 1.82) is 0 Å². The standard InChI is InChI=1S/C15H19NO4/c17-14(16-13-7-3-5(7)6-4-8(6)13)11-9-1-2-10(20-9)12(11)15(18)19/h5-13H,1-4H2,(H,16,17)(H,18,19)/t5-,6-,7-,8-,9-,10+,11-,12+/m1/s1. The number of rotatable bonds is 3. The van der Waals surface area contributed by atoms with Crippen molar-refractivity contribution in [3.63, 3.8) is 0 Å². The minimum atomic E-state index is -0.877. The van der Waals surface area contributed by atoms with E-state index in [1.54, 1.807) is 0 Å². The highest BCUT2D eigenvalue weighted by atomic mass is 16.5. The van der Waals surface area contributed by atoms with E-state index in [0.29, 0.717) is 17.9 Å². The molecule has 2 heterocycles. The van der Waals surface area contributed by atoms with Gasteiger partial charge in [0.2, 0.25) is 5.91 Å². The lowest BCUT2D eigenvalue weighted by molar-refractivity contribution is -0.148. The summed E-state index contributed by atoms with van der Waals surface area (Å²) in [5, 5.41) is 12.6. The third-order valence-corrected chi connectivity index (χ3v) is 6.42. The molecule has 1 amide bonds. The van der Waals surface area contributed by atoms with Crippen molar-refractivity contribution in [2.75, 3.05) is 0 Å². The van der Waals surface area contributed by atoms with Crippen LogP contribution < -0.4 is 5.32 Å². The smallest absolute Gasteiger partial charge is 0.310 e. The highest BCUT2D eigenvalue weighted by Crippen LogP contribution is 2.69. The molecule has 8 atom stereocenters. The number of hydrogen-bond donors (Lipinski definition) is 2. The fourth-order valence-electron chi connectivity index (χ4n) is 5.40. The zero-order valence-corrected chi connectivity index (χ0v) is 11.2. The van der Waals surface area contributed by atoms with E-state index in [0.717, 1.165) is 24.7 Å². The van der Waals surface area contributed by atoms with Crippen LogP contribution in [-0.4, -0.2) is 35.2 Å². The molecular weight excluding hydrogens is 258 g/mol. The van der Waals surface area contributed by atoms with Gasteiger partial charge in [0.15, 0.2) is 0 Å². The molecule has 5 aliphatic rings. The van der Waals surface area contributed by atoms with Crippen LogP contribution in [-0.2, 0) is 14.3 Å². The Kier molecular flexibility index (Phi) is 2.06. The maximum Gasteiger partial charge on any atom is 0.310 e. The van der Waals surface area contributed by atoms with E-state index in [1.807, 2.05) is 0 Å². The molecule has 5 nitrogen and oxygen atoms in total. The van der Waals surface area contributed by atoms with Gasteiger partial charge in [-0.1, -0.05) is 0 Å². The van der Waals surface area contributed by atoms with Crippen LogP contribution in [0.25, 0.3) is 0 Å². The molecule has 0 aromatic rings. The Hall–Kier alpha value is -1.10. The second-order valence-corrected chi connectivity index (χ2v) is 7.34. The predicted octanol–water partition coefficient (Wildman–Crippen LogP) is 0.635. The van der Waals surface area contributed by atoms with E-state index in [2.05, 4.69) is 5.32 Å². The molecule has 5 rings (SSSR count). The number of nitrogens with one attached hydrogen (secondary N) is 1. The first-order valence-electron chi connectivity index (χ1n) is 7.84. The molecule has 3 saturated carbocycles. The lowest BCUT2D eigenvalue weighted by atomic mass is 9.78. The largest absolute Gasteiger partial charge is 0.481 e. The van der Waals surface area contributed by atoms with Crippen molar-refractivity contribution in [3.8, 4) is 0 Å². The number of hydrogen-bond acceptors (Lipinski definition) is 3. The van der Waals surface area contributed by atoms with E-state index >= 15 is 0 Å². The first kappa shape index (κ1) is 11.5. The van der Waals surface area contributed by atoms with Gasteiger partial charge in [-0.05, 0) is 49.4 Å². The van der Waals surface area contributed by atoms with E-state index in [9.17, 15) is 14.7 Å². The van der Waals surface area contributed by atoms with Gasteiger partial charge in [-0.15, -0.1) is 0 Å². The molecular formula is C15H19NO4. The Morgan fingerprint density at radius 1 is 0.950 bits per heavy atom. The zero-order valence-electron chi connectivity index (χ0n) is 11.2. The monoisotopic (exact) mass is 277 g/mol. The van der Waals surface area contributed by atoms with Gasteiger partial charge < -0.3 is 15.2 Å². The summed E-state index contributed by atoms with van der Waals surface area (Å²) in [4.78, 5) is 24.0. The topological polar surface area (TPSA) is 75.6 Å². The SMILES string of the molecule is O=C(O)[C@@H]1[C@H](C(=O)NC2[C@@H]3C[C@@H]3[C@H]3C[C@@H]23)[C@H]2CC[C@@H]1O2. The summed E-state index contributed by atoms with van der Waals surface area (Å²) in [5.74, 6) is 1.04. The predicted molar refractivity (Wildman–Crippen MR) is 67.6 cm³/mol. The minimum Gasteiger partial charge on any atom is -0.481 e. The number of aliphatic carboxylic acids is 1. The van der Waals surface area contributed by atoms with Crippen LogP contribution in [0.1, 0.15) is 25.7 Å². The van der Waals surface area contributed by atoms with E-state index in [1.165, 1.54) is 12.8 Å². The fourth-order valence-corrected chi connectivity index (χ4v) is 5.40. The lowest BCUT2D eigenvalue weighted by Crippen LogP contribution is -2.48. The number of fused-ring (bicyclic) bond motifs is 5. The fraction of sp³-hybridized carbons (Fsp3) is 0.867. The maximum absolute atomic E-state index is 12.6. The van der Waals surface area contributed by atoms with Crippen molar-refractivity contribution in [3.05, 3.63) is 0 Å². The van der Waals surface area contributed by atoms with Crippen molar-refractivity contribution in [2.24, 2.45) is 35.5 Å². The van der Waals surface area contributed by atoms with Crippen LogP contribution in [0.2, 0.25) is 0 Å². The lowest BCUT2D eigenvalue weighted by Gasteiger charge is -2.26. The van der Waals surface area contributed by atoms with Crippen molar-refractivity contribution in [2.45, 2.75) is 43.9 Å². The molecule has 0 aromatic heterocycles. The first-order valence-corrected chi connectivity index (χ1v) is 7.84. The van der Waals surface area contributed by atoms with Crippen LogP contribution in [0.3, 0.4) is 0 Å². The maximum atomic E-state index is 12.6. The van der Waals surface area contributed by atoms with Crippen LogP contribution in [0.15, 0.2) is 0 Å². The highest BCUT2D eigenvalue weighted by Gasteiger charge is 2.68. The number of carbonyl (C=O) groups excluding carboxylic acids is 1. The third kappa shape index (κ3) is 1.37. The summed E-state index contributed by atoms with van der Waals surface area (Å²) in [6.45, 7) is 0. The number of amides is 1. The molecule has 5 heteroatoms. The Morgan fingerprint density at radius 2 is 1.55 bits per heavy atom. The molecule has 0 radical (unpaired) electrons. The number of carboxylic acid groups (broad SMARTS) is 1. The van der Waals surface area contributed by atoms with Crippen LogP contribution in [0.4, 0.5) is 0 Å². The van der Waals surface area contributed by atoms with Gasteiger partial charge >= 0.3 is 5.97 Å². The molecule has 2 saturated heterocycles. The van der Waals surface area contributed by atoms with Gasteiger partial charge in [0.25, 0.3) is 0 Å². The average molecular weight is 277 g/mol. The van der Waals surface area contributed by atoms with Crippen LogP contribution >= 0.6 is 0 Å². The quantitative estimate of drug-likeness (QED) is 0.793. The summed E-state index contributed by atoms with van der Waals surface area (Å²) in [6.07, 6.45) is 3.72. The Bertz CT molecular complexity index is 490. The zero-order chi connectivity index (χ0) is 13.6. The van der Waals surface area contributed by atoms with Gasteiger partial charge in [-0.3, -0.25) is 9.59 Å². The van der Waals surface area contributed by atoms with Crippen molar-refractivity contribution in [1.82, 2.24) is 5.32 Å². The minimum absolute atomic E-state index is 0.0622. The molecule has 0 spiro atoms. The molecule has 5 fully saturated rings. The van der Waals surface area contributed by atoms with Crippen molar-refractivity contribution < 1.29 is 19.4 Å². The van der Waals surface area contributed by atoms with Gasteiger partial charge in [-0.2, -0.15) is 0 Å². The Morgan fingerprint density at radius 3 is 2.15 bits per heavy atom. The number of carboxylic acids is 1. The van der Waals surface area contributed by atoms with Crippen LogP contribution in [0, 0.1) is 35.5 Å². The summed E-state index contributed by atoms with van der Waals surface area (Å²) >= 11 is 0. The van der Waals surface area contributed by atoms with E-state index in [4.69, 9.17) is 4.74 Å². The van der Waals surface area contributed by atoms with Crippen molar-refractivity contribution >= 4 is 11.9 Å².